The third-order valence-electron chi connectivity index (χ3n) is 1.61. The maximum Gasteiger partial charge on any atom is 0.263 e. The van der Waals surface area contributed by atoms with Crippen LogP contribution in [0.5, 0.6) is 0 Å². The average Bonchev–Trinajstić information content (AvgIpc) is 2.16. The van der Waals surface area contributed by atoms with Crippen molar-refractivity contribution in [3.05, 3.63) is 29.3 Å². The minimum Gasteiger partial charge on any atom is -0.323 e. The van der Waals surface area contributed by atoms with E-state index in [-0.39, 0.29) is 11.1 Å². The molecule has 0 aliphatic carbocycles. The molecular weight excluding hydrogens is 178 g/mol. The molecule has 0 aliphatic heterocycles. The van der Waals surface area contributed by atoms with Gasteiger partial charge in [0.15, 0.2) is 6.29 Å². The van der Waals surface area contributed by atoms with Gasteiger partial charge in [0.2, 0.25) is 0 Å². The minimum atomic E-state index is -2.58. The van der Waals surface area contributed by atoms with Gasteiger partial charge in [0.05, 0.1) is 5.69 Å². The molecule has 5 heteroatoms. The molecule has 70 valence electrons. The molecule has 0 atom stereocenters. The van der Waals surface area contributed by atoms with Crippen molar-refractivity contribution in [1.82, 2.24) is 0 Å². The number of carbonyl (C=O) groups excluding carboxylic acids is 1. The molecule has 3 N–H and O–H groups in total. The summed E-state index contributed by atoms with van der Waals surface area (Å²) < 4.78 is 24.3. The fourth-order valence-corrected chi connectivity index (χ4v) is 0.946. The topological polar surface area (TPSA) is 55.1 Å². The highest BCUT2D eigenvalue weighted by molar-refractivity contribution is 5.84. The van der Waals surface area contributed by atoms with Crippen LogP contribution in [-0.2, 0) is 0 Å². The van der Waals surface area contributed by atoms with Gasteiger partial charge in [-0.3, -0.25) is 10.6 Å². The fourth-order valence-electron chi connectivity index (χ4n) is 0.946. The molecule has 1 aromatic carbocycles. The largest absolute Gasteiger partial charge is 0.323 e. The van der Waals surface area contributed by atoms with E-state index >= 15 is 0 Å². The van der Waals surface area contributed by atoms with Crippen molar-refractivity contribution in [3.63, 3.8) is 0 Å². The number of rotatable bonds is 3. The summed E-state index contributed by atoms with van der Waals surface area (Å²) in [5.74, 6) is 5.06. The Labute approximate surface area is 73.5 Å². The van der Waals surface area contributed by atoms with Crippen molar-refractivity contribution in [2.45, 2.75) is 6.43 Å². The van der Waals surface area contributed by atoms with Gasteiger partial charge >= 0.3 is 0 Å². The molecule has 0 spiro atoms. The summed E-state index contributed by atoms with van der Waals surface area (Å²) in [4.78, 5) is 10.4. The summed E-state index contributed by atoms with van der Waals surface area (Å²) in [5.41, 5.74) is 2.50. The number of carbonyl (C=O) groups is 1. The molecule has 0 unspecified atom stereocenters. The van der Waals surface area contributed by atoms with Crippen LogP contribution in [0.25, 0.3) is 0 Å². The minimum absolute atomic E-state index is 0.125. The first-order chi connectivity index (χ1) is 6.19. The Hall–Kier alpha value is -1.49. The highest BCUT2D eigenvalue weighted by atomic mass is 19.3. The van der Waals surface area contributed by atoms with Crippen LogP contribution in [0.15, 0.2) is 18.2 Å². The van der Waals surface area contributed by atoms with Crippen molar-refractivity contribution in [3.8, 4) is 0 Å². The number of nitrogens with one attached hydrogen (secondary N) is 1. The number of hydrogen-bond acceptors (Lipinski definition) is 3. The van der Waals surface area contributed by atoms with Crippen LogP contribution < -0.4 is 11.3 Å². The lowest BCUT2D eigenvalue weighted by atomic mass is 10.1. The molecule has 13 heavy (non-hydrogen) atoms. The second kappa shape index (κ2) is 3.95. The highest BCUT2D eigenvalue weighted by Gasteiger charge is 2.09. The summed E-state index contributed by atoms with van der Waals surface area (Å²) in [6.07, 6.45) is -2.10. The van der Waals surface area contributed by atoms with Crippen LogP contribution in [0, 0.1) is 0 Å². The van der Waals surface area contributed by atoms with Gasteiger partial charge in [0, 0.05) is 11.1 Å². The lowest BCUT2D eigenvalue weighted by Gasteiger charge is -2.05. The number of hydrogen-bond donors (Lipinski definition) is 2. The first-order valence-corrected chi connectivity index (χ1v) is 3.53. The molecule has 0 heterocycles. The maximum atomic E-state index is 12.2. The zero-order valence-electron chi connectivity index (χ0n) is 6.63. The van der Waals surface area contributed by atoms with Gasteiger partial charge in [-0.25, -0.2) is 8.78 Å². The summed E-state index contributed by atoms with van der Waals surface area (Å²) in [6, 6.07) is 3.66. The van der Waals surface area contributed by atoms with Crippen molar-refractivity contribution in [2.75, 3.05) is 5.43 Å². The molecule has 0 fully saturated rings. The normalized spacial score (nSPS) is 10.2. The first-order valence-electron chi connectivity index (χ1n) is 3.53. The van der Waals surface area contributed by atoms with Crippen LogP contribution in [0.1, 0.15) is 22.3 Å². The third kappa shape index (κ3) is 2.00. The molecule has 0 saturated heterocycles. The number of hydrazine groups is 1. The molecule has 0 bridgehead atoms. The van der Waals surface area contributed by atoms with Gasteiger partial charge in [0.1, 0.15) is 0 Å². The molecule has 0 radical (unpaired) electrons. The number of nitrogens with two attached hydrogens (primary N) is 1. The van der Waals surface area contributed by atoms with Crippen molar-refractivity contribution in [1.29, 1.82) is 0 Å². The summed E-state index contributed by atoms with van der Waals surface area (Å²) >= 11 is 0. The van der Waals surface area contributed by atoms with E-state index in [1.165, 1.54) is 12.1 Å². The van der Waals surface area contributed by atoms with E-state index < -0.39 is 6.43 Å². The van der Waals surface area contributed by atoms with E-state index in [4.69, 9.17) is 5.84 Å². The smallest absolute Gasteiger partial charge is 0.263 e. The summed E-state index contributed by atoms with van der Waals surface area (Å²) in [6.45, 7) is 0. The van der Waals surface area contributed by atoms with Gasteiger partial charge < -0.3 is 5.43 Å². The maximum absolute atomic E-state index is 12.2. The van der Waals surface area contributed by atoms with Crippen LogP contribution >= 0.6 is 0 Å². The molecule has 1 rings (SSSR count). The van der Waals surface area contributed by atoms with E-state index in [0.717, 1.165) is 6.07 Å². The number of alkyl halides is 2. The van der Waals surface area contributed by atoms with Gasteiger partial charge in [-0.15, -0.1) is 0 Å². The van der Waals surface area contributed by atoms with Crippen LogP contribution in [-0.4, -0.2) is 6.29 Å². The zero-order valence-corrected chi connectivity index (χ0v) is 6.63. The fraction of sp³-hybridized carbons (Fsp3) is 0.125. The van der Waals surface area contributed by atoms with Crippen LogP contribution in [0.4, 0.5) is 14.5 Å². The second-order valence-electron chi connectivity index (χ2n) is 2.41. The number of nitrogen functional groups attached to an aromatic ring is 1. The highest BCUT2D eigenvalue weighted by Crippen LogP contribution is 2.22. The predicted molar refractivity (Wildman–Crippen MR) is 44.6 cm³/mol. The van der Waals surface area contributed by atoms with E-state index in [1.807, 2.05) is 0 Å². The van der Waals surface area contributed by atoms with E-state index in [1.54, 1.807) is 0 Å². The molecule has 0 aliphatic rings. The van der Waals surface area contributed by atoms with Crippen LogP contribution in [0.3, 0.4) is 0 Å². The zero-order chi connectivity index (χ0) is 9.84. The second-order valence-corrected chi connectivity index (χ2v) is 2.41. The van der Waals surface area contributed by atoms with E-state index in [0.29, 0.717) is 12.0 Å². The van der Waals surface area contributed by atoms with E-state index in [2.05, 4.69) is 5.43 Å². The predicted octanol–water partition coefficient (Wildman–Crippen LogP) is 1.72. The molecular formula is C8H8F2N2O. The van der Waals surface area contributed by atoms with E-state index in [9.17, 15) is 13.6 Å². The molecule has 1 aromatic rings. The SMILES string of the molecule is NNc1ccc(C(F)F)cc1C=O. The van der Waals surface area contributed by atoms with Gasteiger partial charge in [-0.05, 0) is 12.1 Å². The number of halogens is 2. The Bertz CT molecular complexity index is 315. The third-order valence-corrected chi connectivity index (χ3v) is 1.61. The molecule has 0 aromatic heterocycles. The summed E-state index contributed by atoms with van der Waals surface area (Å²) in [5, 5.41) is 0. The lowest BCUT2D eigenvalue weighted by Crippen LogP contribution is -2.09. The number of benzene rings is 1. The Balaban J connectivity index is 3.13. The Morgan fingerprint density at radius 2 is 2.15 bits per heavy atom. The quantitative estimate of drug-likeness (QED) is 0.429. The van der Waals surface area contributed by atoms with Gasteiger partial charge in [-0.1, -0.05) is 6.07 Å². The summed E-state index contributed by atoms with van der Waals surface area (Å²) in [7, 11) is 0. The Morgan fingerprint density at radius 1 is 1.46 bits per heavy atom. The molecule has 3 nitrogen and oxygen atoms in total. The average molecular weight is 186 g/mol. The Morgan fingerprint density at radius 3 is 2.62 bits per heavy atom. The first kappa shape index (κ1) is 9.60. The molecule has 0 saturated carbocycles. The van der Waals surface area contributed by atoms with Gasteiger partial charge in [0.25, 0.3) is 6.43 Å². The van der Waals surface area contributed by atoms with Gasteiger partial charge in [-0.2, -0.15) is 0 Å². The molecule has 0 amide bonds. The Kier molecular flexibility index (Phi) is 2.92. The van der Waals surface area contributed by atoms with Crippen molar-refractivity contribution >= 4 is 12.0 Å². The standard InChI is InChI=1S/C8H8F2N2O/c9-8(10)5-1-2-7(12-11)6(3-5)4-13/h1-4,8,12H,11H2. The van der Waals surface area contributed by atoms with Crippen LogP contribution in [0.2, 0.25) is 0 Å². The van der Waals surface area contributed by atoms with Crippen molar-refractivity contribution < 1.29 is 13.6 Å². The lowest BCUT2D eigenvalue weighted by molar-refractivity contribution is 0.112. The number of aldehydes is 1. The van der Waals surface area contributed by atoms with Crippen molar-refractivity contribution in [2.24, 2.45) is 5.84 Å². The monoisotopic (exact) mass is 186 g/mol. The number of anilines is 1.